The van der Waals surface area contributed by atoms with Crippen molar-refractivity contribution in [3.8, 4) is 11.5 Å². The van der Waals surface area contributed by atoms with Gasteiger partial charge in [-0.3, -0.25) is 9.36 Å². The SMILES string of the molecule is C=CCOc1cccc(C=c2sc3n(c2=O)C(c2ccccc2OC(C)C)C(C(=O)OCC)=C(C)N=3)c1. The van der Waals surface area contributed by atoms with E-state index >= 15 is 0 Å². The molecule has 0 saturated carbocycles. The van der Waals surface area contributed by atoms with Gasteiger partial charge >= 0.3 is 5.97 Å². The summed E-state index contributed by atoms with van der Waals surface area (Å²) in [7, 11) is 0. The van der Waals surface area contributed by atoms with E-state index in [1.165, 1.54) is 11.3 Å². The smallest absolute Gasteiger partial charge is 0.338 e. The predicted molar refractivity (Wildman–Crippen MR) is 145 cm³/mol. The number of nitrogens with zero attached hydrogens (tertiary/aromatic N) is 2. The maximum atomic E-state index is 13.8. The first-order valence-corrected chi connectivity index (χ1v) is 12.9. The molecule has 1 unspecified atom stereocenters. The minimum Gasteiger partial charge on any atom is -0.491 e. The van der Waals surface area contributed by atoms with Crippen LogP contribution in [-0.4, -0.2) is 29.9 Å². The van der Waals surface area contributed by atoms with Crippen LogP contribution in [0.2, 0.25) is 0 Å². The summed E-state index contributed by atoms with van der Waals surface area (Å²) in [5.74, 6) is 0.773. The average molecular weight is 519 g/mol. The number of ether oxygens (including phenoxy) is 3. The lowest BCUT2D eigenvalue weighted by Gasteiger charge is -2.26. The molecule has 2 aromatic carbocycles. The van der Waals surface area contributed by atoms with Crippen molar-refractivity contribution in [2.24, 2.45) is 4.99 Å². The van der Waals surface area contributed by atoms with Crippen molar-refractivity contribution < 1.29 is 19.0 Å². The molecule has 0 fully saturated rings. The number of esters is 1. The fraction of sp³-hybridized carbons (Fsp3) is 0.276. The van der Waals surface area contributed by atoms with Crippen LogP contribution in [0.5, 0.6) is 11.5 Å². The summed E-state index contributed by atoms with van der Waals surface area (Å²) in [6, 6.07) is 14.2. The number of hydrogen-bond acceptors (Lipinski definition) is 7. The van der Waals surface area contributed by atoms with Gasteiger partial charge in [0.05, 0.1) is 28.5 Å². The molecule has 8 heteroatoms. The molecule has 0 radical (unpaired) electrons. The van der Waals surface area contributed by atoms with Gasteiger partial charge < -0.3 is 14.2 Å². The summed E-state index contributed by atoms with van der Waals surface area (Å²) >= 11 is 1.27. The second-order valence-electron chi connectivity index (χ2n) is 8.68. The normalized spacial score (nSPS) is 15.3. The molecule has 1 aliphatic rings. The largest absolute Gasteiger partial charge is 0.491 e. The summed E-state index contributed by atoms with van der Waals surface area (Å²) in [5, 5.41) is 0. The van der Waals surface area contributed by atoms with Gasteiger partial charge in [0, 0.05) is 5.56 Å². The van der Waals surface area contributed by atoms with Gasteiger partial charge in [-0.15, -0.1) is 0 Å². The third-order valence-corrected chi connectivity index (χ3v) is 6.60. The standard InChI is InChI=1S/C29H30N2O5S/c1-6-15-35-21-12-10-11-20(16-21)17-24-27(32)31-26(22-13-8-9-14-23(22)36-18(3)4)25(28(33)34-7-2)19(5)30-29(31)37-24/h6,8-14,16-18,26H,1,7,15H2,2-5H3. The minimum atomic E-state index is -0.741. The topological polar surface area (TPSA) is 79.1 Å². The maximum absolute atomic E-state index is 13.8. The fourth-order valence-electron chi connectivity index (χ4n) is 4.15. The van der Waals surface area contributed by atoms with E-state index < -0.39 is 12.0 Å². The maximum Gasteiger partial charge on any atom is 0.338 e. The second kappa shape index (κ2) is 11.4. The molecule has 0 saturated heterocycles. The van der Waals surface area contributed by atoms with Crippen LogP contribution in [-0.2, 0) is 9.53 Å². The zero-order valence-electron chi connectivity index (χ0n) is 21.4. The Balaban J connectivity index is 1.92. The Hall–Kier alpha value is -3.91. The lowest BCUT2D eigenvalue weighted by Crippen LogP contribution is -2.40. The van der Waals surface area contributed by atoms with Crippen LogP contribution < -0.4 is 24.4 Å². The van der Waals surface area contributed by atoms with Gasteiger partial charge in [-0.05, 0) is 57.5 Å². The Bertz CT molecular complexity index is 1530. The van der Waals surface area contributed by atoms with Gasteiger partial charge in [0.25, 0.3) is 5.56 Å². The van der Waals surface area contributed by atoms with Crippen LogP contribution in [0.4, 0.5) is 0 Å². The van der Waals surface area contributed by atoms with Crippen LogP contribution in [0, 0.1) is 0 Å². The number of thiazole rings is 1. The van der Waals surface area contributed by atoms with Gasteiger partial charge in [-0.1, -0.05) is 54.3 Å². The number of carbonyl (C=O) groups excluding carboxylic acids is 1. The van der Waals surface area contributed by atoms with Crippen molar-refractivity contribution in [3.05, 3.63) is 103 Å². The van der Waals surface area contributed by atoms with Crippen LogP contribution >= 0.6 is 11.3 Å². The molecule has 3 aromatic rings. The highest BCUT2D eigenvalue weighted by atomic mass is 32.1. The number of fused-ring (bicyclic) bond motifs is 1. The number of aromatic nitrogens is 1. The molecule has 1 atom stereocenters. The minimum absolute atomic E-state index is 0.0938. The zero-order chi connectivity index (χ0) is 26.5. The Morgan fingerprint density at radius 3 is 2.73 bits per heavy atom. The van der Waals surface area contributed by atoms with Gasteiger partial charge in [0.2, 0.25) is 0 Å². The number of para-hydroxylation sites is 1. The molecule has 4 rings (SSSR count). The summed E-state index contributed by atoms with van der Waals surface area (Å²) in [4.78, 5) is 32.1. The van der Waals surface area contributed by atoms with Crippen LogP contribution in [0.3, 0.4) is 0 Å². The van der Waals surface area contributed by atoms with E-state index in [0.717, 1.165) is 5.56 Å². The molecule has 0 aliphatic carbocycles. The third-order valence-electron chi connectivity index (χ3n) is 5.62. The van der Waals surface area contributed by atoms with Crippen molar-refractivity contribution in [2.45, 2.75) is 39.8 Å². The molecule has 1 aromatic heterocycles. The van der Waals surface area contributed by atoms with Gasteiger partial charge in [-0.25, -0.2) is 9.79 Å². The number of carbonyl (C=O) groups is 1. The summed E-state index contributed by atoms with van der Waals surface area (Å²) in [6.07, 6.45) is 3.39. The fourth-order valence-corrected chi connectivity index (χ4v) is 5.20. The van der Waals surface area contributed by atoms with E-state index in [2.05, 4.69) is 11.6 Å². The highest BCUT2D eigenvalue weighted by molar-refractivity contribution is 7.07. The molecular weight excluding hydrogens is 488 g/mol. The molecule has 1 aliphatic heterocycles. The second-order valence-corrected chi connectivity index (χ2v) is 9.69. The first kappa shape index (κ1) is 26.2. The van der Waals surface area contributed by atoms with Gasteiger partial charge in [-0.2, -0.15) is 0 Å². The molecule has 2 heterocycles. The van der Waals surface area contributed by atoms with E-state index in [-0.39, 0.29) is 18.3 Å². The van der Waals surface area contributed by atoms with Crippen molar-refractivity contribution >= 4 is 23.4 Å². The molecule has 37 heavy (non-hydrogen) atoms. The molecule has 0 N–H and O–H groups in total. The predicted octanol–water partition coefficient (Wildman–Crippen LogP) is 4.15. The Morgan fingerprint density at radius 1 is 1.22 bits per heavy atom. The molecule has 7 nitrogen and oxygen atoms in total. The average Bonchev–Trinajstić information content (AvgIpc) is 3.16. The van der Waals surface area contributed by atoms with Crippen LogP contribution in [0.25, 0.3) is 6.08 Å². The van der Waals surface area contributed by atoms with Crippen molar-refractivity contribution in [1.82, 2.24) is 4.57 Å². The monoisotopic (exact) mass is 518 g/mol. The highest BCUT2D eigenvalue weighted by Crippen LogP contribution is 2.36. The first-order valence-electron chi connectivity index (χ1n) is 12.1. The molecular formula is C29H30N2O5S. The highest BCUT2D eigenvalue weighted by Gasteiger charge is 2.35. The quantitative estimate of drug-likeness (QED) is 0.314. The van der Waals surface area contributed by atoms with Crippen molar-refractivity contribution in [2.75, 3.05) is 13.2 Å². The number of benzene rings is 2. The van der Waals surface area contributed by atoms with E-state index in [0.29, 0.717) is 44.3 Å². The zero-order valence-corrected chi connectivity index (χ0v) is 22.2. The Labute approximate surface area is 219 Å². The van der Waals surface area contributed by atoms with Crippen LogP contribution in [0.1, 0.15) is 44.9 Å². The van der Waals surface area contributed by atoms with E-state index in [1.54, 1.807) is 24.5 Å². The van der Waals surface area contributed by atoms with Crippen molar-refractivity contribution in [3.63, 3.8) is 0 Å². The Kier molecular flexibility index (Phi) is 8.08. The van der Waals surface area contributed by atoms with Crippen molar-refractivity contribution in [1.29, 1.82) is 0 Å². The first-order chi connectivity index (χ1) is 17.8. The van der Waals surface area contributed by atoms with E-state index in [4.69, 9.17) is 14.2 Å². The number of hydrogen-bond donors (Lipinski definition) is 0. The van der Waals surface area contributed by atoms with Gasteiger partial charge in [0.1, 0.15) is 24.1 Å². The Morgan fingerprint density at radius 2 is 2.00 bits per heavy atom. The number of allylic oxidation sites excluding steroid dienone is 1. The summed E-state index contributed by atoms with van der Waals surface area (Å²) in [6.45, 7) is 11.7. The number of rotatable bonds is 9. The molecule has 192 valence electrons. The van der Waals surface area contributed by atoms with Crippen LogP contribution in [0.15, 0.2) is 82.2 Å². The van der Waals surface area contributed by atoms with Gasteiger partial charge in [0.15, 0.2) is 4.80 Å². The van der Waals surface area contributed by atoms with E-state index in [9.17, 15) is 9.59 Å². The lowest BCUT2D eigenvalue weighted by atomic mass is 9.95. The van der Waals surface area contributed by atoms with E-state index in [1.807, 2.05) is 68.5 Å². The molecule has 0 spiro atoms. The molecule has 0 amide bonds. The lowest BCUT2D eigenvalue weighted by molar-refractivity contribution is -0.139. The summed E-state index contributed by atoms with van der Waals surface area (Å²) in [5.41, 5.74) is 2.09. The summed E-state index contributed by atoms with van der Waals surface area (Å²) < 4.78 is 19.2. The molecule has 0 bridgehead atoms. The third kappa shape index (κ3) is 5.59.